The first-order valence-corrected chi connectivity index (χ1v) is 2.98. The quantitative estimate of drug-likeness (QED) is 0.615. The molecule has 72 valence electrons. The summed E-state index contributed by atoms with van der Waals surface area (Å²) < 4.78 is 36.3. The van der Waals surface area contributed by atoms with Crippen LogP contribution in [0.4, 0.5) is 13.2 Å². The van der Waals surface area contributed by atoms with Crippen LogP contribution in [-0.4, -0.2) is 15.9 Å². The number of alkyl halides is 3. The summed E-state index contributed by atoms with van der Waals surface area (Å²) in [6, 6.07) is 0.931. The monoisotopic (exact) mass is 194 g/mol. The molecule has 0 aliphatic rings. The molecule has 13 heavy (non-hydrogen) atoms. The maximum Gasteiger partial charge on any atom is 0.433 e. The highest BCUT2D eigenvalue weighted by molar-refractivity contribution is 5.20. The van der Waals surface area contributed by atoms with Gasteiger partial charge in [-0.05, 0) is 6.07 Å². The third-order valence-electron chi connectivity index (χ3n) is 1.11. The topological polar surface area (TPSA) is 52.0 Å². The number of carbonyl (C=O) groups excluding carboxylic acids is 2. The highest BCUT2D eigenvalue weighted by Crippen LogP contribution is 2.27. The molecule has 1 heterocycles. The first kappa shape index (κ1) is 11.4. The lowest BCUT2D eigenvalue weighted by molar-refractivity contribution is -0.191. The van der Waals surface area contributed by atoms with E-state index in [1.807, 2.05) is 0 Å². The van der Waals surface area contributed by atoms with Crippen LogP contribution in [0.15, 0.2) is 12.3 Å². The molecule has 0 fully saturated rings. The van der Waals surface area contributed by atoms with Gasteiger partial charge in [-0.15, -0.1) is 0 Å². The van der Waals surface area contributed by atoms with Gasteiger partial charge in [0.2, 0.25) is 0 Å². The van der Waals surface area contributed by atoms with Crippen molar-refractivity contribution >= 4 is 6.15 Å². The number of aryl methyl sites for hydroxylation is 1. The van der Waals surface area contributed by atoms with Crippen LogP contribution >= 0.6 is 0 Å². The highest BCUT2D eigenvalue weighted by Gasteiger charge is 2.33. The lowest BCUT2D eigenvalue weighted by Gasteiger charge is -2.04. The van der Waals surface area contributed by atoms with E-state index in [-0.39, 0.29) is 6.15 Å². The molecule has 0 saturated carbocycles. The molecule has 0 aliphatic heterocycles. The molecule has 0 aliphatic carbocycles. The van der Waals surface area contributed by atoms with Crippen molar-refractivity contribution in [2.75, 3.05) is 0 Å². The second-order valence-corrected chi connectivity index (χ2v) is 1.92. The third-order valence-corrected chi connectivity index (χ3v) is 1.11. The van der Waals surface area contributed by atoms with Crippen molar-refractivity contribution in [2.45, 2.75) is 6.18 Å². The van der Waals surface area contributed by atoms with Crippen molar-refractivity contribution in [3.8, 4) is 0 Å². The van der Waals surface area contributed by atoms with Gasteiger partial charge >= 0.3 is 12.3 Å². The minimum atomic E-state index is -4.29. The predicted molar refractivity (Wildman–Crippen MR) is 33.2 cm³/mol. The van der Waals surface area contributed by atoms with Crippen molar-refractivity contribution in [1.29, 1.82) is 0 Å². The molecule has 0 atom stereocenters. The fraction of sp³-hybridized carbons (Fsp3) is 0.333. The van der Waals surface area contributed by atoms with Crippen LogP contribution in [0.2, 0.25) is 0 Å². The summed E-state index contributed by atoms with van der Waals surface area (Å²) in [5.41, 5.74) is -0.729. The summed E-state index contributed by atoms with van der Waals surface area (Å²) in [6.45, 7) is 0. The van der Waals surface area contributed by atoms with Crippen LogP contribution < -0.4 is 0 Å². The zero-order valence-corrected chi connectivity index (χ0v) is 6.50. The summed E-state index contributed by atoms with van der Waals surface area (Å²) in [7, 11) is 1.25. The summed E-state index contributed by atoms with van der Waals surface area (Å²) >= 11 is 0. The van der Waals surface area contributed by atoms with Crippen molar-refractivity contribution < 1.29 is 22.8 Å². The van der Waals surface area contributed by atoms with Gasteiger partial charge in [0.25, 0.3) is 0 Å². The summed E-state index contributed by atoms with van der Waals surface area (Å²) in [5.74, 6) is 0. The zero-order chi connectivity index (χ0) is 10.5. The summed E-state index contributed by atoms with van der Waals surface area (Å²) in [5, 5.41) is 3.38. The van der Waals surface area contributed by atoms with E-state index in [1.54, 1.807) is 0 Å². The molecule has 1 rings (SSSR count). The molecular weight excluding hydrogens is 189 g/mol. The molecule has 0 N–H and O–H groups in total. The summed E-state index contributed by atoms with van der Waals surface area (Å²) in [4.78, 5) is 16.2. The molecule has 1 aromatic rings. The zero-order valence-electron chi connectivity index (χ0n) is 6.50. The number of hydrogen-bond acceptors (Lipinski definition) is 3. The number of nitrogens with zero attached hydrogens (tertiary/aromatic N) is 2. The molecule has 0 saturated heterocycles. The average molecular weight is 194 g/mol. The molecule has 0 aromatic carbocycles. The Balaban J connectivity index is 0.000000424. The molecule has 7 heteroatoms. The van der Waals surface area contributed by atoms with Gasteiger partial charge in [-0.3, -0.25) is 4.68 Å². The van der Waals surface area contributed by atoms with Crippen LogP contribution in [0.25, 0.3) is 0 Å². The highest BCUT2D eigenvalue weighted by atomic mass is 19.4. The Morgan fingerprint density at radius 1 is 1.46 bits per heavy atom. The van der Waals surface area contributed by atoms with Gasteiger partial charge in [0, 0.05) is 13.2 Å². The van der Waals surface area contributed by atoms with E-state index in [4.69, 9.17) is 9.59 Å². The van der Waals surface area contributed by atoms with Crippen LogP contribution in [0, 0.1) is 0 Å². The lowest BCUT2D eigenvalue weighted by atomic mass is 10.4. The fourth-order valence-electron chi connectivity index (χ4n) is 0.652. The Hall–Kier alpha value is -1.62. The number of halogens is 3. The van der Waals surface area contributed by atoms with Crippen molar-refractivity contribution in [2.24, 2.45) is 7.05 Å². The second kappa shape index (κ2) is 4.42. The lowest BCUT2D eigenvalue weighted by Crippen LogP contribution is -2.11. The number of hydrogen-bond donors (Lipinski definition) is 0. The molecule has 0 amide bonds. The molecule has 1 aromatic heterocycles. The van der Waals surface area contributed by atoms with Gasteiger partial charge in [0.1, 0.15) is 5.69 Å². The van der Waals surface area contributed by atoms with Gasteiger partial charge in [-0.2, -0.15) is 27.9 Å². The van der Waals surface area contributed by atoms with E-state index in [9.17, 15) is 13.2 Å². The molecule has 0 bridgehead atoms. The van der Waals surface area contributed by atoms with Crippen LogP contribution in [-0.2, 0) is 22.8 Å². The number of rotatable bonds is 0. The van der Waals surface area contributed by atoms with E-state index in [1.165, 1.54) is 7.05 Å². The Kier molecular flexibility index (Phi) is 3.87. The van der Waals surface area contributed by atoms with Gasteiger partial charge in [0.15, 0.2) is 0 Å². The van der Waals surface area contributed by atoms with Crippen molar-refractivity contribution in [1.82, 2.24) is 9.78 Å². The van der Waals surface area contributed by atoms with Gasteiger partial charge in [-0.25, -0.2) is 0 Å². The minimum absolute atomic E-state index is 0.250. The van der Waals surface area contributed by atoms with Crippen LogP contribution in [0.3, 0.4) is 0 Å². The molecular formula is C6H5F3N2O2. The van der Waals surface area contributed by atoms with E-state index in [0.29, 0.717) is 0 Å². The van der Waals surface area contributed by atoms with Crippen LogP contribution in [0.1, 0.15) is 5.69 Å². The SMILES string of the molecule is Cn1nccc1C(F)(F)F.O=C=O. The second-order valence-electron chi connectivity index (χ2n) is 1.92. The first-order chi connectivity index (χ1) is 5.93. The summed E-state index contributed by atoms with van der Waals surface area (Å²) in [6.07, 6.45) is -2.92. The van der Waals surface area contributed by atoms with Gasteiger partial charge in [0.05, 0.1) is 0 Å². The van der Waals surface area contributed by atoms with E-state index < -0.39 is 11.9 Å². The van der Waals surface area contributed by atoms with Gasteiger partial charge in [-0.1, -0.05) is 0 Å². The largest absolute Gasteiger partial charge is 0.433 e. The Labute approximate surface area is 71.0 Å². The normalized spacial score (nSPS) is 9.85. The maximum atomic E-state index is 11.8. The number of aromatic nitrogens is 2. The minimum Gasteiger partial charge on any atom is -0.264 e. The predicted octanol–water partition coefficient (Wildman–Crippen LogP) is 0.855. The van der Waals surface area contributed by atoms with E-state index in [2.05, 4.69) is 5.10 Å². The van der Waals surface area contributed by atoms with E-state index >= 15 is 0 Å². The molecule has 4 nitrogen and oxygen atoms in total. The molecule has 0 spiro atoms. The Morgan fingerprint density at radius 3 is 2.08 bits per heavy atom. The van der Waals surface area contributed by atoms with Crippen molar-refractivity contribution in [3.05, 3.63) is 18.0 Å². The Morgan fingerprint density at radius 2 is 1.92 bits per heavy atom. The van der Waals surface area contributed by atoms with E-state index in [0.717, 1.165) is 16.9 Å². The fourth-order valence-corrected chi connectivity index (χ4v) is 0.652. The Bertz CT molecular complexity index is 299. The smallest absolute Gasteiger partial charge is 0.264 e. The van der Waals surface area contributed by atoms with Crippen molar-refractivity contribution in [3.63, 3.8) is 0 Å². The average Bonchev–Trinajstić information content (AvgIpc) is 2.35. The first-order valence-electron chi connectivity index (χ1n) is 2.98. The maximum absolute atomic E-state index is 11.8. The standard InChI is InChI=1S/C5H5F3N2.CO2/c1-10-4(2-3-9-10)5(6,7)8;2-1-3/h2-3H,1H3;. The van der Waals surface area contributed by atoms with Gasteiger partial charge < -0.3 is 0 Å². The van der Waals surface area contributed by atoms with Crippen LogP contribution in [0.5, 0.6) is 0 Å². The molecule has 0 radical (unpaired) electrons. The molecule has 0 unspecified atom stereocenters. The third kappa shape index (κ3) is 3.53.